The zero-order chi connectivity index (χ0) is 31.3. The van der Waals surface area contributed by atoms with Gasteiger partial charge in [0.15, 0.2) is 23.0 Å². The molecule has 0 heterocycles. The monoisotopic (exact) mass is 602 g/mol. The van der Waals surface area contributed by atoms with Gasteiger partial charge in [-0.2, -0.15) is 0 Å². The number of aromatic hydroxyl groups is 1. The van der Waals surface area contributed by atoms with Crippen molar-refractivity contribution in [3.05, 3.63) is 42.0 Å². The van der Waals surface area contributed by atoms with Crippen molar-refractivity contribution in [2.75, 3.05) is 26.4 Å². The lowest BCUT2D eigenvalue weighted by Gasteiger charge is -2.19. The highest BCUT2D eigenvalue weighted by Gasteiger charge is 2.19. The van der Waals surface area contributed by atoms with Gasteiger partial charge in [0.2, 0.25) is 0 Å². The molecule has 0 fully saturated rings. The Labute approximate surface area is 264 Å². The first-order valence-electron chi connectivity index (χ1n) is 17.2. The van der Waals surface area contributed by atoms with Gasteiger partial charge in [-0.25, -0.2) is 0 Å². The van der Waals surface area contributed by atoms with Crippen LogP contribution in [0.2, 0.25) is 0 Å². The molecule has 0 unspecified atom stereocenters. The van der Waals surface area contributed by atoms with Crippen molar-refractivity contribution in [1.82, 2.24) is 0 Å². The highest BCUT2D eigenvalue weighted by Crippen LogP contribution is 2.45. The van der Waals surface area contributed by atoms with Gasteiger partial charge in [0.05, 0.1) is 26.4 Å². The Hall–Kier alpha value is -3.34. The molecule has 0 aromatic heterocycles. The molecule has 44 heavy (non-hydrogen) atoms. The lowest BCUT2D eigenvalue weighted by molar-refractivity contribution is 0.260. The Morgan fingerprint density at radius 3 is 0.977 bits per heavy atom. The average molecular weight is 603 g/mol. The average Bonchev–Trinajstić information content (AvgIpc) is 3.03. The van der Waals surface area contributed by atoms with Crippen molar-refractivity contribution in [2.45, 2.75) is 112 Å². The fourth-order valence-corrected chi connectivity index (χ4v) is 5.74. The summed E-state index contributed by atoms with van der Waals surface area (Å²) in [5, 5.41) is 17.2. The second-order valence-corrected chi connectivity index (χ2v) is 12.1. The summed E-state index contributed by atoms with van der Waals surface area (Å²) in [5.41, 5.74) is 0.843. The molecule has 0 aliphatic rings. The van der Waals surface area contributed by atoms with E-state index in [9.17, 15) is 5.11 Å². The summed E-state index contributed by atoms with van der Waals surface area (Å²) in [4.78, 5) is 0. The van der Waals surface area contributed by atoms with Crippen molar-refractivity contribution in [1.29, 1.82) is 0 Å². The number of hydrogen-bond acceptors (Lipinski definition) is 5. The number of benzene rings is 4. The zero-order valence-corrected chi connectivity index (χ0v) is 27.9. The largest absolute Gasteiger partial charge is 0.508 e. The molecule has 4 aromatic carbocycles. The van der Waals surface area contributed by atoms with Gasteiger partial charge in [0.1, 0.15) is 5.75 Å². The maximum Gasteiger partial charge on any atom is 0.161 e. The first-order valence-corrected chi connectivity index (χ1v) is 17.2. The first-order chi connectivity index (χ1) is 21.5. The minimum atomic E-state index is 0.287. The minimum absolute atomic E-state index is 0.287. The highest BCUT2D eigenvalue weighted by molar-refractivity contribution is 6.26. The molecule has 4 rings (SSSR count). The number of phenolic OH excluding ortho intramolecular Hbond substituents is 1. The Balaban J connectivity index is 1.93. The summed E-state index contributed by atoms with van der Waals surface area (Å²) >= 11 is 0. The highest BCUT2D eigenvalue weighted by atomic mass is 16.5. The van der Waals surface area contributed by atoms with Crippen LogP contribution in [-0.4, -0.2) is 31.5 Å². The summed E-state index contributed by atoms with van der Waals surface area (Å²) in [5.74, 6) is 3.38. The molecular weight excluding hydrogens is 548 g/mol. The predicted molar refractivity (Wildman–Crippen MR) is 185 cm³/mol. The fourth-order valence-electron chi connectivity index (χ4n) is 5.74. The van der Waals surface area contributed by atoms with E-state index >= 15 is 0 Å². The number of ether oxygens (including phenoxy) is 4. The molecule has 0 aliphatic carbocycles. The van der Waals surface area contributed by atoms with E-state index in [4.69, 9.17) is 18.9 Å². The van der Waals surface area contributed by atoms with Gasteiger partial charge in [-0.15, -0.1) is 0 Å². The van der Waals surface area contributed by atoms with Crippen LogP contribution in [0.4, 0.5) is 0 Å². The summed E-state index contributed by atoms with van der Waals surface area (Å²) in [6, 6.07) is 12.5. The van der Waals surface area contributed by atoms with Gasteiger partial charge in [0, 0.05) is 0 Å². The molecule has 4 aromatic rings. The standard InChI is InChI=1S/C39H54O5/c1-6-10-14-18-41-36-24-31-29-22-28(5)35(40)23-30(29)32-25-37(42-19-15-11-7-2)39(44-21-17-13-9-4)27-34(32)33(31)26-38(36)43-20-16-12-8-3/h22-27,40H,6-21H2,1-5H3. The van der Waals surface area contributed by atoms with Crippen LogP contribution in [0.1, 0.15) is 110 Å². The van der Waals surface area contributed by atoms with Gasteiger partial charge in [-0.1, -0.05) is 79.1 Å². The molecule has 0 bridgehead atoms. The van der Waals surface area contributed by atoms with Gasteiger partial charge in [-0.3, -0.25) is 0 Å². The number of aryl methyl sites for hydroxylation is 1. The van der Waals surface area contributed by atoms with Crippen molar-refractivity contribution in [2.24, 2.45) is 0 Å². The summed E-state index contributed by atoms with van der Waals surface area (Å²) in [6.45, 7) is 13.4. The molecule has 5 heteroatoms. The summed E-state index contributed by atoms with van der Waals surface area (Å²) < 4.78 is 25.6. The van der Waals surface area contributed by atoms with Crippen LogP contribution in [0.5, 0.6) is 28.7 Å². The third-order valence-corrected chi connectivity index (χ3v) is 8.40. The van der Waals surface area contributed by atoms with Crippen molar-refractivity contribution in [3.63, 3.8) is 0 Å². The maximum absolute atomic E-state index is 10.8. The van der Waals surface area contributed by atoms with Crippen LogP contribution < -0.4 is 18.9 Å². The predicted octanol–water partition coefficient (Wildman–Crippen LogP) is 11.4. The van der Waals surface area contributed by atoms with E-state index in [-0.39, 0.29) is 5.75 Å². The smallest absolute Gasteiger partial charge is 0.161 e. The van der Waals surface area contributed by atoms with Gasteiger partial charge in [0.25, 0.3) is 0 Å². The number of unbranched alkanes of at least 4 members (excludes halogenated alkanes) is 8. The summed E-state index contributed by atoms with van der Waals surface area (Å²) in [7, 11) is 0. The molecule has 5 nitrogen and oxygen atoms in total. The van der Waals surface area contributed by atoms with Gasteiger partial charge in [-0.05, 0) is 107 Å². The second-order valence-electron chi connectivity index (χ2n) is 12.1. The van der Waals surface area contributed by atoms with Gasteiger partial charge < -0.3 is 24.1 Å². The maximum atomic E-state index is 10.8. The Morgan fingerprint density at radius 2 is 0.682 bits per heavy atom. The van der Waals surface area contributed by atoms with E-state index in [1.54, 1.807) is 0 Å². The molecule has 240 valence electrons. The van der Waals surface area contributed by atoms with E-state index in [1.807, 2.05) is 13.0 Å². The van der Waals surface area contributed by atoms with Gasteiger partial charge >= 0.3 is 0 Å². The quantitative estimate of drug-likeness (QED) is 0.0805. The van der Waals surface area contributed by atoms with Crippen LogP contribution in [-0.2, 0) is 0 Å². The molecule has 0 saturated carbocycles. The van der Waals surface area contributed by atoms with Crippen LogP contribution >= 0.6 is 0 Å². The van der Waals surface area contributed by atoms with Crippen molar-refractivity contribution >= 4 is 32.3 Å². The molecule has 0 spiro atoms. The molecular formula is C39H54O5. The van der Waals surface area contributed by atoms with E-state index in [0.717, 1.165) is 138 Å². The van der Waals surface area contributed by atoms with Crippen molar-refractivity contribution < 1.29 is 24.1 Å². The van der Waals surface area contributed by atoms with E-state index in [0.29, 0.717) is 26.4 Å². The van der Waals surface area contributed by atoms with Crippen LogP contribution in [0.3, 0.4) is 0 Å². The Bertz CT molecular complexity index is 1380. The number of fused-ring (bicyclic) bond motifs is 6. The lowest BCUT2D eigenvalue weighted by Crippen LogP contribution is -2.04. The molecule has 0 aliphatic heterocycles. The lowest BCUT2D eigenvalue weighted by atomic mass is 9.92. The number of phenols is 1. The number of rotatable bonds is 20. The Kier molecular flexibility index (Phi) is 13.1. The van der Waals surface area contributed by atoms with E-state index in [1.165, 1.54) is 0 Å². The fraction of sp³-hybridized carbons (Fsp3) is 0.538. The first kappa shape index (κ1) is 33.6. The number of hydrogen-bond donors (Lipinski definition) is 1. The minimum Gasteiger partial charge on any atom is -0.508 e. The molecule has 1 N–H and O–H groups in total. The molecule has 0 amide bonds. The van der Waals surface area contributed by atoms with Crippen LogP contribution in [0.15, 0.2) is 36.4 Å². The molecule has 0 atom stereocenters. The topological polar surface area (TPSA) is 57.2 Å². The third kappa shape index (κ3) is 8.43. The van der Waals surface area contributed by atoms with E-state index in [2.05, 4.69) is 58.0 Å². The molecule has 0 radical (unpaired) electrons. The summed E-state index contributed by atoms with van der Waals surface area (Å²) in [6.07, 6.45) is 13.1. The van der Waals surface area contributed by atoms with Crippen LogP contribution in [0, 0.1) is 6.92 Å². The van der Waals surface area contributed by atoms with E-state index < -0.39 is 0 Å². The molecule has 0 saturated heterocycles. The zero-order valence-electron chi connectivity index (χ0n) is 27.9. The second kappa shape index (κ2) is 17.2. The Morgan fingerprint density at radius 1 is 0.409 bits per heavy atom. The normalized spacial score (nSPS) is 11.5. The third-order valence-electron chi connectivity index (χ3n) is 8.40. The van der Waals surface area contributed by atoms with Crippen LogP contribution in [0.25, 0.3) is 32.3 Å². The SMILES string of the molecule is CCCCCOc1cc2c3cc(C)c(O)cc3c3cc(OCCCCC)c(OCCCCC)cc3c2cc1OCCCCC. The van der Waals surface area contributed by atoms with Crippen molar-refractivity contribution in [3.8, 4) is 28.7 Å².